The van der Waals surface area contributed by atoms with Gasteiger partial charge in [0.1, 0.15) is 6.07 Å². The van der Waals surface area contributed by atoms with Gasteiger partial charge in [0.2, 0.25) is 0 Å². The largest absolute Gasteiger partial charge is 0.408 e. The molecule has 0 bridgehead atoms. The molecule has 0 radical (unpaired) electrons. The van der Waals surface area contributed by atoms with Gasteiger partial charge in [-0.3, -0.25) is 10.1 Å². The Morgan fingerprint density at radius 2 is 1.79 bits per heavy atom. The molecule has 9 nitrogen and oxygen atoms in total. The topological polar surface area (TPSA) is 128 Å². The number of rotatable bonds is 3. The van der Waals surface area contributed by atoms with E-state index in [4.69, 9.17) is 5.26 Å². The molecular weight excluding hydrogens is 254 g/mol. The molecule has 2 rings (SSSR count). The van der Waals surface area contributed by atoms with E-state index in [0.717, 1.165) is 4.68 Å². The van der Waals surface area contributed by atoms with Gasteiger partial charge in [-0.1, -0.05) is 0 Å². The summed E-state index contributed by atoms with van der Waals surface area (Å²) in [6.07, 6.45) is 1.19. The summed E-state index contributed by atoms with van der Waals surface area (Å²) < 4.78 is 1.13. The van der Waals surface area contributed by atoms with Gasteiger partial charge in [0.25, 0.3) is 5.69 Å². The molecule has 0 saturated heterocycles. The second-order valence-electron chi connectivity index (χ2n) is 3.45. The summed E-state index contributed by atoms with van der Waals surface area (Å²) in [5, 5.41) is 33.5. The van der Waals surface area contributed by atoms with Crippen molar-refractivity contribution in [1.29, 1.82) is 5.26 Å². The fourth-order valence-corrected chi connectivity index (χ4v) is 1.44. The molecule has 0 aliphatic carbocycles. The number of aromatic nitrogens is 2. The average Bonchev–Trinajstić information content (AvgIpc) is 2.83. The number of hydrogen-bond donors (Lipinski definition) is 0. The van der Waals surface area contributed by atoms with Crippen LogP contribution in [0.1, 0.15) is 5.56 Å². The molecule has 0 saturated carbocycles. The van der Waals surface area contributed by atoms with Gasteiger partial charge in [0.05, 0.1) is 21.9 Å². The number of nitriles is 1. The van der Waals surface area contributed by atoms with Gasteiger partial charge >= 0.3 is 5.82 Å². The molecule has 0 spiro atoms. The van der Waals surface area contributed by atoms with Crippen LogP contribution in [0.3, 0.4) is 0 Å². The van der Waals surface area contributed by atoms with E-state index in [0.29, 0.717) is 5.69 Å². The first-order valence-corrected chi connectivity index (χ1v) is 4.92. The van der Waals surface area contributed by atoms with Gasteiger partial charge in [-0.25, -0.2) is 0 Å². The van der Waals surface area contributed by atoms with E-state index in [1.165, 1.54) is 30.5 Å². The Morgan fingerprint density at radius 1 is 1.16 bits per heavy atom. The first-order chi connectivity index (χ1) is 9.02. The highest BCUT2D eigenvalue weighted by atomic mass is 16.6. The predicted octanol–water partition coefficient (Wildman–Crippen LogP) is 1.56. The van der Waals surface area contributed by atoms with Crippen LogP contribution in [-0.4, -0.2) is 19.6 Å². The van der Waals surface area contributed by atoms with Gasteiger partial charge in [-0.15, -0.1) is 4.68 Å². The fraction of sp³-hybridized carbons (Fsp3) is 0. The van der Waals surface area contributed by atoms with Crippen LogP contribution in [0, 0.1) is 31.6 Å². The SMILES string of the molecule is N#Cc1cn(-c2ccc([N+](=O)[O-])cc2)nc1[N+](=O)[O-]. The zero-order chi connectivity index (χ0) is 14.0. The number of nitro benzene ring substituents is 1. The number of non-ortho nitro benzene ring substituents is 1. The van der Waals surface area contributed by atoms with Crippen molar-refractivity contribution in [2.45, 2.75) is 0 Å². The van der Waals surface area contributed by atoms with E-state index < -0.39 is 15.7 Å². The van der Waals surface area contributed by atoms with Crippen LogP contribution in [0.5, 0.6) is 0 Å². The Kier molecular flexibility index (Phi) is 2.91. The summed E-state index contributed by atoms with van der Waals surface area (Å²) in [6, 6.07) is 6.92. The van der Waals surface area contributed by atoms with Gasteiger partial charge < -0.3 is 10.1 Å². The second kappa shape index (κ2) is 4.53. The lowest BCUT2D eigenvalue weighted by Crippen LogP contribution is -1.97. The van der Waals surface area contributed by atoms with Crippen LogP contribution >= 0.6 is 0 Å². The highest BCUT2D eigenvalue weighted by Gasteiger charge is 2.21. The summed E-state index contributed by atoms with van der Waals surface area (Å²) in [5.74, 6) is -0.555. The molecule has 19 heavy (non-hydrogen) atoms. The van der Waals surface area contributed by atoms with Crippen molar-refractivity contribution in [2.24, 2.45) is 0 Å². The van der Waals surface area contributed by atoms with Crippen molar-refractivity contribution < 1.29 is 9.85 Å². The third-order valence-electron chi connectivity index (χ3n) is 2.31. The highest BCUT2D eigenvalue weighted by Crippen LogP contribution is 2.19. The number of nitrogens with zero attached hydrogens (tertiary/aromatic N) is 5. The molecule has 2 aromatic rings. The monoisotopic (exact) mass is 259 g/mol. The van der Waals surface area contributed by atoms with Gasteiger partial charge in [0, 0.05) is 12.1 Å². The van der Waals surface area contributed by atoms with E-state index in [1.807, 2.05) is 0 Å². The molecule has 0 fully saturated rings. The number of nitro groups is 2. The van der Waals surface area contributed by atoms with Crippen LogP contribution in [0.4, 0.5) is 11.5 Å². The zero-order valence-electron chi connectivity index (χ0n) is 9.26. The molecule has 0 atom stereocenters. The third kappa shape index (κ3) is 2.22. The van der Waals surface area contributed by atoms with Crippen molar-refractivity contribution in [1.82, 2.24) is 9.78 Å². The van der Waals surface area contributed by atoms with Crippen molar-refractivity contribution in [3.63, 3.8) is 0 Å². The smallest absolute Gasteiger partial charge is 0.358 e. The maximum Gasteiger partial charge on any atom is 0.408 e. The quantitative estimate of drug-likeness (QED) is 0.607. The van der Waals surface area contributed by atoms with Crippen LogP contribution in [0.2, 0.25) is 0 Å². The molecule has 0 amide bonds. The lowest BCUT2D eigenvalue weighted by Gasteiger charge is -1.95. The first kappa shape index (κ1) is 12.2. The molecule has 0 aliphatic rings. The van der Waals surface area contributed by atoms with Crippen molar-refractivity contribution in [3.8, 4) is 11.8 Å². The molecule has 0 N–H and O–H groups in total. The lowest BCUT2D eigenvalue weighted by molar-refractivity contribution is -0.390. The van der Waals surface area contributed by atoms with Gasteiger partial charge in [-0.2, -0.15) is 5.26 Å². The summed E-state index contributed by atoms with van der Waals surface area (Å²) in [7, 11) is 0. The highest BCUT2D eigenvalue weighted by molar-refractivity contribution is 5.46. The molecule has 0 unspecified atom stereocenters. The normalized spacial score (nSPS) is 9.84. The van der Waals surface area contributed by atoms with E-state index in [-0.39, 0.29) is 11.3 Å². The minimum absolute atomic E-state index is 0.106. The number of hydrogen-bond acceptors (Lipinski definition) is 6. The average molecular weight is 259 g/mol. The van der Waals surface area contributed by atoms with Crippen LogP contribution in [0.25, 0.3) is 5.69 Å². The maximum absolute atomic E-state index is 10.7. The second-order valence-corrected chi connectivity index (χ2v) is 3.45. The molecule has 1 heterocycles. The van der Waals surface area contributed by atoms with Gasteiger partial charge in [-0.05, 0) is 17.1 Å². The van der Waals surface area contributed by atoms with E-state index in [9.17, 15) is 20.2 Å². The molecule has 0 aliphatic heterocycles. The van der Waals surface area contributed by atoms with Crippen molar-refractivity contribution in [3.05, 3.63) is 56.3 Å². The summed E-state index contributed by atoms with van der Waals surface area (Å²) >= 11 is 0. The van der Waals surface area contributed by atoms with E-state index in [2.05, 4.69) is 5.10 Å². The predicted molar refractivity (Wildman–Crippen MR) is 61.6 cm³/mol. The molecular formula is C10H5N5O4. The first-order valence-electron chi connectivity index (χ1n) is 4.92. The molecule has 1 aromatic carbocycles. The van der Waals surface area contributed by atoms with Crippen LogP contribution in [-0.2, 0) is 0 Å². The van der Waals surface area contributed by atoms with E-state index >= 15 is 0 Å². The minimum atomic E-state index is -0.763. The minimum Gasteiger partial charge on any atom is -0.358 e. The fourth-order valence-electron chi connectivity index (χ4n) is 1.44. The van der Waals surface area contributed by atoms with E-state index in [1.54, 1.807) is 6.07 Å². The molecule has 9 heteroatoms. The Balaban J connectivity index is 2.45. The van der Waals surface area contributed by atoms with Crippen molar-refractivity contribution >= 4 is 11.5 Å². The number of benzene rings is 1. The Morgan fingerprint density at radius 3 is 2.21 bits per heavy atom. The Labute approximate surface area is 105 Å². The standard InChI is InChI=1S/C10H5N5O4/c11-5-7-6-13(12-10(7)15(18)19)8-1-3-9(4-2-8)14(16)17/h1-4,6H. The van der Waals surface area contributed by atoms with Crippen LogP contribution < -0.4 is 0 Å². The Bertz CT molecular complexity index is 698. The lowest BCUT2D eigenvalue weighted by atomic mass is 10.3. The maximum atomic E-state index is 10.7. The van der Waals surface area contributed by atoms with Crippen LogP contribution in [0.15, 0.2) is 30.5 Å². The molecule has 1 aromatic heterocycles. The van der Waals surface area contributed by atoms with Crippen molar-refractivity contribution in [2.75, 3.05) is 0 Å². The summed E-state index contributed by atoms with van der Waals surface area (Å²) in [4.78, 5) is 19.8. The molecule has 94 valence electrons. The summed E-state index contributed by atoms with van der Waals surface area (Å²) in [6.45, 7) is 0. The Hall–Kier alpha value is -3.28. The third-order valence-corrected chi connectivity index (χ3v) is 2.31. The summed E-state index contributed by atoms with van der Waals surface area (Å²) in [5.41, 5.74) is 0.101. The zero-order valence-corrected chi connectivity index (χ0v) is 9.26. The van der Waals surface area contributed by atoms with Gasteiger partial charge in [0.15, 0.2) is 5.56 Å².